The average molecular weight is 316 g/mol. The molecule has 0 unspecified atom stereocenters. The summed E-state index contributed by atoms with van der Waals surface area (Å²) >= 11 is 8.83. The van der Waals surface area contributed by atoms with Crippen molar-refractivity contribution < 1.29 is 9.53 Å². The number of halogens is 1. The number of carbonyl (C=O) groups excluding carboxylic acids is 1. The van der Waals surface area contributed by atoms with Gasteiger partial charge in [0.15, 0.2) is 4.34 Å². The molecule has 0 spiro atoms. The monoisotopic (exact) mass is 315 g/mol. The average Bonchev–Trinajstić information content (AvgIpc) is 2.77. The van der Waals surface area contributed by atoms with Crippen LogP contribution in [0.3, 0.4) is 0 Å². The number of carbonyl (C=O) groups is 1. The number of hydrogen-bond donors (Lipinski definition) is 1. The fraction of sp³-hybridized carbons (Fsp3) is 0.182. The molecule has 0 bridgehead atoms. The Hall–Kier alpha value is -1.31. The Balaban J connectivity index is 2.45. The normalized spacial score (nSPS) is 10.5. The molecule has 100 valence electrons. The Morgan fingerprint density at radius 3 is 2.79 bits per heavy atom. The standard InChI is InChI=1S/C11H10ClN3O2S2/c1-5-14-15-11(18-5)19-9-7(10(16)17-2)3-6(13)4-8(9)12/h3-4H,13H2,1-2H3. The molecule has 0 atom stereocenters. The van der Waals surface area contributed by atoms with E-state index >= 15 is 0 Å². The van der Waals surface area contributed by atoms with Crippen molar-refractivity contribution in [2.24, 2.45) is 0 Å². The predicted molar refractivity (Wildman–Crippen MR) is 76.0 cm³/mol. The van der Waals surface area contributed by atoms with Crippen LogP contribution in [0.25, 0.3) is 0 Å². The lowest BCUT2D eigenvalue weighted by Crippen LogP contribution is -2.04. The number of esters is 1. The predicted octanol–water partition coefficient (Wildman–Crippen LogP) is 3.02. The fourth-order valence-electron chi connectivity index (χ4n) is 1.39. The highest BCUT2D eigenvalue weighted by atomic mass is 35.5. The van der Waals surface area contributed by atoms with Crippen molar-refractivity contribution in [2.75, 3.05) is 12.8 Å². The van der Waals surface area contributed by atoms with E-state index in [9.17, 15) is 4.79 Å². The number of nitrogens with two attached hydrogens (primary N) is 1. The molecule has 0 saturated carbocycles. The van der Waals surface area contributed by atoms with Gasteiger partial charge in [-0.3, -0.25) is 0 Å². The highest BCUT2D eigenvalue weighted by molar-refractivity contribution is 8.01. The Morgan fingerprint density at radius 2 is 2.21 bits per heavy atom. The molecule has 2 aromatic rings. The van der Waals surface area contributed by atoms with Crippen molar-refractivity contribution in [3.63, 3.8) is 0 Å². The summed E-state index contributed by atoms with van der Waals surface area (Å²) in [6.45, 7) is 1.85. The van der Waals surface area contributed by atoms with Crippen molar-refractivity contribution in [3.8, 4) is 0 Å². The molecule has 2 rings (SSSR count). The third-order valence-corrected chi connectivity index (χ3v) is 4.61. The maximum atomic E-state index is 11.8. The summed E-state index contributed by atoms with van der Waals surface area (Å²) in [5, 5.41) is 9.14. The van der Waals surface area contributed by atoms with Gasteiger partial charge in [0.2, 0.25) is 0 Å². The summed E-state index contributed by atoms with van der Waals surface area (Å²) in [5.74, 6) is -0.488. The smallest absolute Gasteiger partial charge is 0.339 e. The third-order valence-electron chi connectivity index (χ3n) is 2.17. The van der Waals surface area contributed by atoms with E-state index in [4.69, 9.17) is 22.1 Å². The van der Waals surface area contributed by atoms with Crippen molar-refractivity contribution in [3.05, 3.63) is 27.7 Å². The van der Waals surface area contributed by atoms with E-state index in [-0.39, 0.29) is 0 Å². The van der Waals surface area contributed by atoms with Gasteiger partial charge in [0.25, 0.3) is 0 Å². The first-order valence-electron chi connectivity index (χ1n) is 5.16. The number of nitrogen functional groups attached to an aromatic ring is 1. The van der Waals surface area contributed by atoms with E-state index < -0.39 is 5.97 Å². The number of ether oxygens (including phenoxy) is 1. The van der Waals surface area contributed by atoms with Crippen LogP contribution in [-0.4, -0.2) is 23.3 Å². The van der Waals surface area contributed by atoms with Crippen LogP contribution in [0.4, 0.5) is 5.69 Å². The minimum atomic E-state index is -0.488. The topological polar surface area (TPSA) is 78.1 Å². The molecule has 0 fully saturated rings. The molecular formula is C11H10ClN3O2S2. The lowest BCUT2D eigenvalue weighted by Gasteiger charge is -2.09. The number of benzene rings is 1. The molecule has 0 amide bonds. The van der Waals surface area contributed by atoms with Gasteiger partial charge < -0.3 is 10.5 Å². The second-order valence-electron chi connectivity index (χ2n) is 3.56. The molecule has 0 aliphatic rings. The van der Waals surface area contributed by atoms with Gasteiger partial charge in [-0.05, 0) is 19.1 Å². The Bertz CT molecular complexity index is 630. The van der Waals surface area contributed by atoms with Gasteiger partial charge in [-0.15, -0.1) is 10.2 Å². The number of hydrogen-bond acceptors (Lipinski definition) is 7. The quantitative estimate of drug-likeness (QED) is 0.693. The van der Waals surface area contributed by atoms with Gasteiger partial charge in [0.05, 0.1) is 17.7 Å². The van der Waals surface area contributed by atoms with Crippen LogP contribution in [0.5, 0.6) is 0 Å². The number of rotatable bonds is 3. The van der Waals surface area contributed by atoms with Crippen molar-refractivity contribution in [1.29, 1.82) is 0 Å². The summed E-state index contributed by atoms with van der Waals surface area (Å²) < 4.78 is 5.43. The van der Waals surface area contributed by atoms with Crippen LogP contribution in [-0.2, 0) is 4.74 Å². The van der Waals surface area contributed by atoms with E-state index in [0.29, 0.717) is 25.5 Å². The first-order valence-corrected chi connectivity index (χ1v) is 7.17. The van der Waals surface area contributed by atoms with Crippen molar-refractivity contribution in [1.82, 2.24) is 10.2 Å². The number of aryl methyl sites for hydroxylation is 1. The second-order valence-corrected chi connectivity index (χ2v) is 6.41. The molecule has 1 heterocycles. The minimum Gasteiger partial charge on any atom is -0.465 e. The van der Waals surface area contributed by atoms with Gasteiger partial charge >= 0.3 is 5.97 Å². The van der Waals surface area contributed by atoms with Gasteiger partial charge in [-0.2, -0.15) is 0 Å². The summed E-state index contributed by atoms with van der Waals surface area (Å²) in [6, 6.07) is 3.12. The number of nitrogens with zero attached hydrogens (tertiary/aromatic N) is 2. The fourth-order valence-corrected chi connectivity index (χ4v) is 3.59. The molecule has 1 aromatic heterocycles. The molecular weight excluding hydrogens is 306 g/mol. The minimum absolute atomic E-state index is 0.324. The number of methoxy groups -OCH3 is 1. The first kappa shape index (κ1) is 14.1. The maximum Gasteiger partial charge on any atom is 0.339 e. The summed E-state index contributed by atoms with van der Waals surface area (Å²) in [6.07, 6.45) is 0. The zero-order chi connectivity index (χ0) is 14.0. The number of aromatic nitrogens is 2. The van der Waals surface area contributed by atoms with Gasteiger partial charge in [-0.1, -0.05) is 34.7 Å². The van der Waals surface area contributed by atoms with Crippen LogP contribution in [0.2, 0.25) is 5.02 Å². The highest BCUT2D eigenvalue weighted by Gasteiger charge is 2.18. The van der Waals surface area contributed by atoms with Gasteiger partial charge in [0, 0.05) is 10.6 Å². The summed E-state index contributed by atoms with van der Waals surface area (Å²) in [5.41, 5.74) is 6.42. The van der Waals surface area contributed by atoms with E-state index in [2.05, 4.69) is 10.2 Å². The Labute approximate surface area is 123 Å². The van der Waals surface area contributed by atoms with Crippen LogP contribution in [0.1, 0.15) is 15.4 Å². The lowest BCUT2D eigenvalue weighted by molar-refractivity contribution is 0.0597. The SMILES string of the molecule is COC(=O)c1cc(N)cc(Cl)c1Sc1nnc(C)s1. The van der Waals surface area contributed by atoms with E-state index in [1.807, 2.05) is 6.92 Å². The third kappa shape index (κ3) is 3.17. The van der Waals surface area contributed by atoms with Crippen LogP contribution < -0.4 is 5.73 Å². The van der Waals surface area contributed by atoms with Gasteiger partial charge in [0.1, 0.15) is 5.01 Å². The largest absolute Gasteiger partial charge is 0.465 e. The van der Waals surface area contributed by atoms with Crippen LogP contribution in [0.15, 0.2) is 21.4 Å². The molecule has 0 aliphatic heterocycles. The molecule has 19 heavy (non-hydrogen) atoms. The summed E-state index contributed by atoms with van der Waals surface area (Å²) in [4.78, 5) is 12.3. The lowest BCUT2D eigenvalue weighted by atomic mass is 10.2. The van der Waals surface area contributed by atoms with E-state index in [1.165, 1.54) is 36.3 Å². The molecule has 0 saturated heterocycles. The molecule has 0 radical (unpaired) electrons. The second kappa shape index (κ2) is 5.77. The van der Waals surface area contributed by atoms with Crippen molar-refractivity contribution in [2.45, 2.75) is 16.2 Å². The first-order chi connectivity index (χ1) is 9.01. The number of anilines is 1. The van der Waals surface area contributed by atoms with Gasteiger partial charge in [-0.25, -0.2) is 4.79 Å². The summed E-state index contributed by atoms with van der Waals surface area (Å²) in [7, 11) is 1.31. The Morgan fingerprint density at radius 1 is 1.47 bits per heavy atom. The molecule has 0 aliphatic carbocycles. The van der Waals surface area contributed by atoms with E-state index in [0.717, 1.165) is 5.01 Å². The maximum absolute atomic E-state index is 11.8. The molecule has 1 aromatic carbocycles. The molecule has 5 nitrogen and oxygen atoms in total. The van der Waals surface area contributed by atoms with E-state index in [1.54, 1.807) is 6.07 Å². The van der Waals surface area contributed by atoms with Crippen LogP contribution in [0, 0.1) is 6.92 Å². The van der Waals surface area contributed by atoms with Crippen molar-refractivity contribution >= 4 is 46.4 Å². The highest BCUT2D eigenvalue weighted by Crippen LogP contribution is 2.38. The zero-order valence-corrected chi connectivity index (χ0v) is 12.5. The molecule has 2 N–H and O–H groups in total. The zero-order valence-electron chi connectivity index (χ0n) is 10.1. The Kier molecular flexibility index (Phi) is 4.28. The van der Waals surface area contributed by atoms with Crippen LogP contribution >= 0.6 is 34.7 Å². The molecule has 8 heteroatoms.